The lowest BCUT2D eigenvalue weighted by Gasteiger charge is -2.58. The second-order valence-corrected chi connectivity index (χ2v) is 9.94. The summed E-state index contributed by atoms with van der Waals surface area (Å²) in [6.07, 6.45) is 5.96. The fraction of sp³-hybridized carbons (Fsp3) is 0.762. The predicted molar refractivity (Wildman–Crippen MR) is 106 cm³/mol. The number of esters is 2. The van der Waals surface area contributed by atoms with Crippen LogP contribution in [0.3, 0.4) is 0 Å². The Morgan fingerprint density at radius 1 is 1.14 bits per heavy atom. The topological polar surface area (TPSA) is 93.7 Å². The van der Waals surface area contributed by atoms with Crippen LogP contribution in [0.1, 0.15) is 58.8 Å². The third kappa shape index (κ3) is 3.74. The van der Waals surface area contributed by atoms with Crippen LogP contribution in [0.15, 0.2) is 11.3 Å². The van der Waals surface area contributed by atoms with Gasteiger partial charge in [-0.25, -0.2) is 9.59 Å². The van der Waals surface area contributed by atoms with Gasteiger partial charge in [0, 0.05) is 4.87 Å². The number of halogens is 1. The fourth-order valence-corrected chi connectivity index (χ4v) is 6.95. The van der Waals surface area contributed by atoms with E-state index in [-0.39, 0.29) is 24.1 Å². The van der Waals surface area contributed by atoms with Gasteiger partial charge in [-0.1, -0.05) is 6.92 Å². The standard InChI is InChI=1S/C21H29ClN2O5/c1-3-14-16(17(25)28-4-2)15(24-19(27)23-14)10-29-18(26)20-6-12-5-13(7-20)9-21(22,8-12)11-20/h12-14H,3-11H2,1-2H3,(H2,23,24,27)/t12-,13+,14-,20?,21?/m1/s1. The van der Waals surface area contributed by atoms with Crippen molar-refractivity contribution in [1.82, 2.24) is 10.6 Å². The maximum atomic E-state index is 13.2. The van der Waals surface area contributed by atoms with Crippen molar-refractivity contribution < 1.29 is 23.9 Å². The van der Waals surface area contributed by atoms with Gasteiger partial charge in [0.2, 0.25) is 0 Å². The van der Waals surface area contributed by atoms with Gasteiger partial charge >= 0.3 is 18.0 Å². The SMILES string of the molecule is CCOC(=O)C1=C(COC(=O)C23C[C@@H]4C[C@@H](CC(Cl)(C4)C2)C3)NC(=O)N[C@@H]1CC. The van der Waals surface area contributed by atoms with Gasteiger partial charge in [-0.2, -0.15) is 0 Å². The number of alkyl halides is 1. The van der Waals surface area contributed by atoms with Gasteiger partial charge in [0.05, 0.1) is 29.3 Å². The van der Waals surface area contributed by atoms with E-state index in [0.717, 1.165) is 32.1 Å². The van der Waals surface area contributed by atoms with Crippen LogP contribution in [-0.2, 0) is 19.1 Å². The number of ether oxygens (including phenoxy) is 2. The first-order valence-electron chi connectivity index (χ1n) is 10.6. The molecule has 1 heterocycles. The van der Waals surface area contributed by atoms with E-state index >= 15 is 0 Å². The Labute approximate surface area is 175 Å². The van der Waals surface area contributed by atoms with Crippen molar-refractivity contribution in [1.29, 1.82) is 0 Å². The van der Waals surface area contributed by atoms with E-state index in [4.69, 9.17) is 21.1 Å². The minimum Gasteiger partial charge on any atom is -0.463 e. The Kier molecular flexibility index (Phi) is 5.30. The molecule has 1 aliphatic heterocycles. The van der Waals surface area contributed by atoms with Crippen molar-refractivity contribution in [2.24, 2.45) is 17.3 Å². The van der Waals surface area contributed by atoms with Crippen LogP contribution in [0.2, 0.25) is 0 Å². The number of amides is 2. The summed E-state index contributed by atoms with van der Waals surface area (Å²) in [7, 11) is 0. The number of carbonyl (C=O) groups is 3. The van der Waals surface area contributed by atoms with Crippen molar-refractivity contribution in [3.05, 3.63) is 11.3 Å². The lowest BCUT2D eigenvalue weighted by molar-refractivity contribution is -0.169. The molecule has 2 amide bonds. The summed E-state index contributed by atoms with van der Waals surface area (Å²) in [5.74, 6) is 0.206. The molecule has 7 nitrogen and oxygen atoms in total. The Hall–Kier alpha value is -1.76. The maximum Gasteiger partial charge on any atom is 0.338 e. The first-order chi connectivity index (χ1) is 13.8. The van der Waals surface area contributed by atoms with E-state index in [9.17, 15) is 14.4 Å². The molecule has 0 spiro atoms. The molecule has 2 unspecified atom stereocenters. The van der Waals surface area contributed by atoms with Crippen LogP contribution in [0, 0.1) is 17.3 Å². The van der Waals surface area contributed by atoms with Crippen molar-refractivity contribution in [2.45, 2.75) is 69.7 Å². The zero-order valence-electron chi connectivity index (χ0n) is 17.0. The molecule has 29 heavy (non-hydrogen) atoms. The molecule has 0 aromatic heterocycles. The molecular weight excluding hydrogens is 396 g/mol. The molecule has 4 saturated carbocycles. The quantitative estimate of drug-likeness (QED) is 0.505. The number of hydrogen-bond acceptors (Lipinski definition) is 5. The minimum absolute atomic E-state index is 0.150. The average Bonchev–Trinajstić information content (AvgIpc) is 2.63. The molecule has 0 aromatic carbocycles. The van der Waals surface area contributed by atoms with Crippen LogP contribution >= 0.6 is 11.6 Å². The summed E-state index contributed by atoms with van der Waals surface area (Å²) in [4.78, 5) is 37.4. The fourth-order valence-electron chi connectivity index (χ4n) is 6.26. The van der Waals surface area contributed by atoms with Gasteiger partial charge in [0.25, 0.3) is 0 Å². The smallest absolute Gasteiger partial charge is 0.338 e. The maximum absolute atomic E-state index is 13.2. The van der Waals surface area contributed by atoms with Crippen molar-refractivity contribution >= 4 is 29.6 Å². The highest BCUT2D eigenvalue weighted by molar-refractivity contribution is 6.24. The molecular formula is C21H29ClN2O5. The summed E-state index contributed by atoms with van der Waals surface area (Å²) in [6, 6.07) is -0.882. The molecule has 4 aliphatic carbocycles. The first-order valence-corrected chi connectivity index (χ1v) is 11.0. The predicted octanol–water partition coefficient (Wildman–Crippen LogP) is 3.02. The van der Waals surface area contributed by atoms with E-state index in [1.165, 1.54) is 0 Å². The Morgan fingerprint density at radius 3 is 2.41 bits per heavy atom. The summed E-state index contributed by atoms with van der Waals surface area (Å²) in [6.45, 7) is 3.67. The van der Waals surface area contributed by atoms with E-state index in [1.54, 1.807) is 6.92 Å². The minimum atomic E-state index is -0.530. The lowest BCUT2D eigenvalue weighted by Crippen LogP contribution is -2.56. The zero-order chi connectivity index (χ0) is 20.8. The molecule has 5 rings (SSSR count). The van der Waals surface area contributed by atoms with Crippen LogP contribution in [0.25, 0.3) is 0 Å². The number of nitrogens with one attached hydrogen (secondary N) is 2. The van der Waals surface area contributed by atoms with Crippen LogP contribution in [0.4, 0.5) is 4.79 Å². The van der Waals surface area contributed by atoms with Gasteiger partial charge in [0.15, 0.2) is 0 Å². The second-order valence-electron chi connectivity index (χ2n) is 9.14. The van der Waals surface area contributed by atoms with Crippen LogP contribution < -0.4 is 10.6 Å². The Bertz CT molecular complexity index is 750. The summed E-state index contributed by atoms with van der Waals surface area (Å²) in [5.41, 5.74) is 0.0937. The molecule has 5 atom stereocenters. The highest BCUT2D eigenvalue weighted by Crippen LogP contribution is 2.64. The summed E-state index contributed by atoms with van der Waals surface area (Å²) < 4.78 is 10.9. The second kappa shape index (κ2) is 7.49. The van der Waals surface area contributed by atoms with E-state index in [0.29, 0.717) is 35.9 Å². The molecule has 2 N–H and O–H groups in total. The summed E-state index contributed by atoms with van der Waals surface area (Å²) >= 11 is 6.83. The van der Waals surface area contributed by atoms with Gasteiger partial charge in [-0.3, -0.25) is 4.79 Å². The largest absolute Gasteiger partial charge is 0.463 e. The zero-order valence-corrected chi connectivity index (χ0v) is 17.8. The van der Waals surface area contributed by atoms with E-state index in [1.807, 2.05) is 6.92 Å². The molecule has 0 aromatic rings. The van der Waals surface area contributed by atoms with Crippen molar-refractivity contribution in [2.75, 3.05) is 13.2 Å². The lowest BCUT2D eigenvalue weighted by atomic mass is 9.49. The molecule has 0 radical (unpaired) electrons. The number of rotatable bonds is 6. The van der Waals surface area contributed by atoms with Gasteiger partial charge in [-0.05, 0) is 63.7 Å². The molecule has 0 saturated heterocycles. The third-order valence-electron chi connectivity index (χ3n) is 6.92. The van der Waals surface area contributed by atoms with Crippen molar-refractivity contribution in [3.8, 4) is 0 Å². The number of carbonyl (C=O) groups excluding carboxylic acids is 3. The van der Waals surface area contributed by atoms with E-state index in [2.05, 4.69) is 10.6 Å². The first kappa shape index (κ1) is 20.5. The monoisotopic (exact) mass is 424 g/mol. The van der Waals surface area contributed by atoms with Crippen LogP contribution in [-0.4, -0.2) is 42.1 Å². The Balaban J connectivity index is 1.52. The molecule has 8 heteroatoms. The average molecular weight is 425 g/mol. The van der Waals surface area contributed by atoms with Crippen LogP contribution in [0.5, 0.6) is 0 Å². The Morgan fingerprint density at radius 2 is 1.83 bits per heavy atom. The van der Waals surface area contributed by atoms with Crippen molar-refractivity contribution in [3.63, 3.8) is 0 Å². The molecule has 160 valence electrons. The molecule has 4 bridgehead atoms. The highest BCUT2D eigenvalue weighted by Gasteiger charge is 2.60. The summed E-state index contributed by atoms with van der Waals surface area (Å²) in [5, 5.41) is 5.35. The highest BCUT2D eigenvalue weighted by atomic mass is 35.5. The molecule has 4 fully saturated rings. The third-order valence-corrected chi connectivity index (χ3v) is 7.36. The normalized spacial score (nSPS) is 37.8. The van der Waals surface area contributed by atoms with Gasteiger partial charge in [0.1, 0.15) is 6.61 Å². The number of hydrogen-bond donors (Lipinski definition) is 2. The van der Waals surface area contributed by atoms with Gasteiger partial charge in [-0.15, -0.1) is 11.6 Å². The molecule has 5 aliphatic rings. The van der Waals surface area contributed by atoms with E-state index < -0.39 is 23.5 Å². The number of urea groups is 1. The van der Waals surface area contributed by atoms with Gasteiger partial charge < -0.3 is 20.1 Å².